The molecule has 0 aromatic heterocycles. The zero-order valence-electron chi connectivity index (χ0n) is 26.8. The minimum Gasteiger partial charge on any atom is -0.493 e. The summed E-state index contributed by atoms with van der Waals surface area (Å²) >= 11 is 0. The van der Waals surface area contributed by atoms with Crippen LogP contribution in [0, 0.1) is 11.8 Å². The lowest BCUT2D eigenvalue weighted by Crippen LogP contribution is -2.60. The number of esters is 1. The van der Waals surface area contributed by atoms with Gasteiger partial charge in [0.15, 0.2) is 30.2 Å². The highest BCUT2D eigenvalue weighted by Gasteiger charge is 2.77. The average molecular weight is 699 g/mol. The summed E-state index contributed by atoms with van der Waals surface area (Å²) in [6, 6.07) is 5.04. The molecule has 5 aliphatic rings. The van der Waals surface area contributed by atoms with E-state index in [1.807, 2.05) is 0 Å². The molecule has 7 N–H and O–H groups in total. The van der Waals surface area contributed by atoms with E-state index in [9.17, 15) is 40.5 Å². The fourth-order valence-electron chi connectivity index (χ4n) is 7.04. The molecule has 3 saturated heterocycles. The third-order valence-electron chi connectivity index (χ3n) is 9.74. The highest BCUT2D eigenvalue weighted by Crippen LogP contribution is 2.61. The van der Waals surface area contributed by atoms with Crippen LogP contribution in [-0.2, 0) is 38.0 Å². The first-order chi connectivity index (χ1) is 23.5. The Hall–Kier alpha value is -2.91. The summed E-state index contributed by atoms with van der Waals surface area (Å²) in [6.45, 7) is 0.406. The van der Waals surface area contributed by atoms with E-state index in [4.69, 9.17) is 42.6 Å². The fraction of sp³-hybridized carbons (Fsp3) is 0.656. The van der Waals surface area contributed by atoms with Crippen LogP contribution >= 0.6 is 0 Å². The second-order valence-electron chi connectivity index (χ2n) is 12.6. The summed E-state index contributed by atoms with van der Waals surface area (Å²) in [5.41, 5.74) is -0.600. The van der Waals surface area contributed by atoms with Gasteiger partial charge >= 0.3 is 5.97 Å². The van der Waals surface area contributed by atoms with Gasteiger partial charge in [-0.15, -0.1) is 0 Å². The van der Waals surface area contributed by atoms with Crippen LogP contribution in [0.5, 0.6) is 11.5 Å². The summed E-state index contributed by atoms with van der Waals surface area (Å²) < 4.78 is 50.9. The van der Waals surface area contributed by atoms with E-state index in [1.165, 1.54) is 26.6 Å². The maximum absolute atomic E-state index is 12.7. The van der Waals surface area contributed by atoms with Gasteiger partial charge in [0.1, 0.15) is 48.3 Å². The number of aliphatic hydroxyl groups is 7. The summed E-state index contributed by atoms with van der Waals surface area (Å²) in [7, 11) is 2.99. The Morgan fingerprint density at radius 3 is 2.29 bits per heavy atom. The topological polar surface area (TPSA) is 245 Å². The third-order valence-corrected chi connectivity index (χ3v) is 9.74. The van der Waals surface area contributed by atoms with Crippen molar-refractivity contribution in [3.63, 3.8) is 0 Å². The van der Waals surface area contributed by atoms with Crippen LogP contribution in [0.15, 0.2) is 36.6 Å². The van der Waals surface area contributed by atoms with Gasteiger partial charge in [0.05, 0.1) is 51.8 Å². The lowest BCUT2D eigenvalue weighted by atomic mass is 9.85. The number of ether oxygens (including phenoxy) is 9. The van der Waals surface area contributed by atoms with Gasteiger partial charge in [-0.3, -0.25) is 0 Å². The van der Waals surface area contributed by atoms with Gasteiger partial charge in [-0.2, -0.15) is 0 Å². The van der Waals surface area contributed by atoms with Gasteiger partial charge in [-0.1, -0.05) is 6.07 Å². The van der Waals surface area contributed by atoms with E-state index in [0.717, 1.165) is 6.08 Å². The Morgan fingerprint density at radius 2 is 1.59 bits per heavy atom. The van der Waals surface area contributed by atoms with Crippen LogP contribution in [0.2, 0.25) is 0 Å². The second kappa shape index (κ2) is 14.4. The highest BCUT2D eigenvalue weighted by molar-refractivity contribution is 5.87. The van der Waals surface area contributed by atoms with E-state index in [0.29, 0.717) is 17.1 Å². The van der Waals surface area contributed by atoms with E-state index >= 15 is 0 Å². The maximum Gasteiger partial charge on any atom is 0.331 e. The Labute approximate surface area is 280 Å². The molecule has 0 spiro atoms. The zero-order chi connectivity index (χ0) is 35.2. The number of carbonyl (C=O) groups excluding carboxylic acids is 1. The molecule has 17 nitrogen and oxygen atoms in total. The van der Waals surface area contributed by atoms with Crippen molar-refractivity contribution in [1.82, 2.24) is 0 Å². The molecule has 4 fully saturated rings. The average Bonchev–Trinajstić information content (AvgIpc) is 3.78. The predicted molar refractivity (Wildman–Crippen MR) is 160 cm³/mol. The number of rotatable bonds is 11. The van der Waals surface area contributed by atoms with E-state index in [1.54, 1.807) is 31.2 Å². The molecule has 4 heterocycles. The predicted octanol–water partition coefficient (Wildman–Crippen LogP) is -2.46. The molecule has 0 bridgehead atoms. The standard InChI is InChI=1S/C32H42O17/c1-13-26(46-19(35)7-5-14-4-6-16(41-2)17(10-14)42-3)23(38)25(40)30(44-13)47-27-15-8-9-43-29(20(15)32(12-34)28(27)49-32)48-31-24(39)22(37)21(36)18(11-33)45-31/h4-10,13,15,18,20-31,33-34,36-40H,11-12H2,1-3H3/b7-5+/t13-,15-,18+,20+,21-,22-,23-,24+,25+,26-,27-,28-,29-,30-,31-,32+/m0/s1. The Kier molecular flexibility index (Phi) is 10.5. The normalized spacial score (nSPS) is 44.2. The first kappa shape index (κ1) is 35.9. The quantitative estimate of drug-likeness (QED) is 0.0720. The van der Waals surface area contributed by atoms with Crippen molar-refractivity contribution in [3.05, 3.63) is 42.2 Å². The Bertz CT molecular complexity index is 1390. The molecule has 0 unspecified atom stereocenters. The molecule has 17 heteroatoms. The minimum atomic E-state index is -1.70. The molecule has 4 aliphatic heterocycles. The number of hydrogen-bond acceptors (Lipinski definition) is 17. The van der Waals surface area contributed by atoms with E-state index < -0.39 is 117 Å². The maximum atomic E-state index is 12.7. The molecule has 49 heavy (non-hydrogen) atoms. The smallest absolute Gasteiger partial charge is 0.331 e. The molecule has 1 aromatic rings. The summed E-state index contributed by atoms with van der Waals surface area (Å²) in [5, 5.41) is 72.8. The number of methoxy groups -OCH3 is 2. The molecule has 1 aromatic carbocycles. The lowest BCUT2D eigenvalue weighted by molar-refractivity contribution is -0.347. The van der Waals surface area contributed by atoms with Crippen molar-refractivity contribution in [2.45, 2.75) is 92.4 Å². The Balaban J connectivity index is 1.10. The van der Waals surface area contributed by atoms with Crippen molar-refractivity contribution >= 4 is 12.0 Å². The van der Waals surface area contributed by atoms with Gasteiger partial charge in [-0.25, -0.2) is 4.79 Å². The molecule has 272 valence electrons. The number of hydrogen-bond donors (Lipinski definition) is 7. The van der Waals surface area contributed by atoms with Crippen LogP contribution in [0.3, 0.4) is 0 Å². The van der Waals surface area contributed by atoms with Gasteiger partial charge < -0.3 is 78.4 Å². The van der Waals surface area contributed by atoms with Gasteiger partial charge in [0.2, 0.25) is 6.29 Å². The number of aliphatic hydroxyl groups excluding tert-OH is 7. The van der Waals surface area contributed by atoms with Crippen LogP contribution in [0.25, 0.3) is 6.08 Å². The molecule has 0 radical (unpaired) electrons. The van der Waals surface area contributed by atoms with Crippen molar-refractivity contribution in [1.29, 1.82) is 0 Å². The molecule has 6 rings (SSSR count). The number of carbonyl (C=O) groups is 1. The van der Waals surface area contributed by atoms with Crippen molar-refractivity contribution in [3.8, 4) is 11.5 Å². The summed E-state index contributed by atoms with van der Waals surface area (Å²) in [6.07, 6.45) is -11.7. The first-order valence-electron chi connectivity index (χ1n) is 15.8. The monoisotopic (exact) mass is 698 g/mol. The largest absolute Gasteiger partial charge is 0.493 e. The molecular weight excluding hydrogens is 656 g/mol. The second-order valence-corrected chi connectivity index (χ2v) is 12.6. The van der Waals surface area contributed by atoms with Crippen LogP contribution < -0.4 is 9.47 Å². The van der Waals surface area contributed by atoms with E-state index in [2.05, 4.69) is 0 Å². The molecule has 1 saturated carbocycles. The molecular formula is C32H42O17. The first-order valence-corrected chi connectivity index (χ1v) is 15.8. The van der Waals surface area contributed by atoms with Crippen molar-refractivity contribution < 1.29 is 83.2 Å². The number of epoxide rings is 1. The third kappa shape index (κ3) is 6.55. The van der Waals surface area contributed by atoms with Crippen LogP contribution in [0.1, 0.15) is 12.5 Å². The number of fused-ring (bicyclic) bond motifs is 3. The van der Waals surface area contributed by atoms with Gasteiger partial charge in [0, 0.05) is 12.0 Å². The Morgan fingerprint density at radius 1 is 0.878 bits per heavy atom. The minimum absolute atomic E-state index is 0.464. The van der Waals surface area contributed by atoms with Crippen molar-refractivity contribution in [2.75, 3.05) is 27.4 Å². The SMILES string of the molecule is COc1ccc(/C=C/C(=O)O[C@@H]2[C@@H](O)[C@@H](O)[C@H](O[C@H]3[C@H]4C=CO[C@@H](O[C@@H]5O[C@H](CO)[C@H](O)[C@H](O)[C@H]5O)[C@@H]4[C@@]4(CO)O[C@@H]34)O[C@H]2C)cc1OC. The molecule has 1 aliphatic carbocycles. The molecule has 16 atom stereocenters. The summed E-state index contributed by atoms with van der Waals surface area (Å²) in [5.74, 6) is -1.13. The van der Waals surface area contributed by atoms with E-state index in [-0.39, 0.29) is 0 Å². The lowest BCUT2D eigenvalue weighted by Gasteiger charge is -2.44. The zero-order valence-corrected chi connectivity index (χ0v) is 26.8. The van der Waals surface area contributed by atoms with Crippen molar-refractivity contribution in [2.24, 2.45) is 11.8 Å². The van der Waals surface area contributed by atoms with Gasteiger partial charge in [0.25, 0.3) is 0 Å². The fourth-order valence-corrected chi connectivity index (χ4v) is 7.04. The number of benzene rings is 1. The van der Waals surface area contributed by atoms with Crippen LogP contribution in [0.4, 0.5) is 0 Å². The van der Waals surface area contributed by atoms with Gasteiger partial charge in [-0.05, 0) is 36.8 Å². The molecule has 0 amide bonds. The summed E-state index contributed by atoms with van der Waals surface area (Å²) in [4.78, 5) is 12.7. The highest BCUT2D eigenvalue weighted by atomic mass is 16.8. The van der Waals surface area contributed by atoms with Crippen LogP contribution in [-0.4, -0.2) is 155 Å².